The SMILES string of the molecule is NC1(N)C=CC(=C2C=CC(N)(N)C=C2Cl)C=C1. The average molecular weight is 251 g/mol. The van der Waals surface area contributed by atoms with Crippen molar-refractivity contribution >= 4 is 11.6 Å². The summed E-state index contributed by atoms with van der Waals surface area (Å²) in [5.74, 6) is 0. The first-order valence-corrected chi connectivity index (χ1v) is 5.53. The van der Waals surface area contributed by atoms with Crippen molar-refractivity contribution in [3.63, 3.8) is 0 Å². The van der Waals surface area contributed by atoms with Crippen molar-refractivity contribution in [1.29, 1.82) is 0 Å². The van der Waals surface area contributed by atoms with Gasteiger partial charge >= 0.3 is 0 Å². The zero-order valence-corrected chi connectivity index (χ0v) is 9.98. The predicted octanol–water partition coefficient (Wildman–Crippen LogP) is 0.329. The Balaban J connectivity index is 2.38. The molecule has 0 aromatic carbocycles. The molecular formula is C12H15ClN4. The van der Waals surface area contributed by atoms with Crippen LogP contribution in [-0.4, -0.2) is 11.3 Å². The zero-order valence-electron chi connectivity index (χ0n) is 9.23. The molecule has 2 aliphatic carbocycles. The molecule has 5 heteroatoms. The molecule has 0 unspecified atom stereocenters. The molecular weight excluding hydrogens is 236 g/mol. The molecule has 0 spiro atoms. The molecule has 2 aliphatic rings. The molecule has 0 heterocycles. The third kappa shape index (κ3) is 2.74. The summed E-state index contributed by atoms with van der Waals surface area (Å²) < 4.78 is 0. The molecule has 0 fully saturated rings. The Hall–Kier alpha value is -1.17. The van der Waals surface area contributed by atoms with Gasteiger partial charge in [0.2, 0.25) is 0 Å². The van der Waals surface area contributed by atoms with Crippen molar-refractivity contribution < 1.29 is 0 Å². The van der Waals surface area contributed by atoms with Crippen LogP contribution in [0.2, 0.25) is 0 Å². The molecule has 0 aliphatic heterocycles. The standard InChI is InChI=1S/C12H15ClN4/c13-10-7-12(16,17)6-3-9(10)8-1-4-11(14,15)5-2-8/h1-7H,14-17H2. The number of hydrogen-bond donors (Lipinski definition) is 4. The van der Waals surface area contributed by atoms with E-state index < -0.39 is 11.3 Å². The van der Waals surface area contributed by atoms with Crippen LogP contribution in [0.5, 0.6) is 0 Å². The van der Waals surface area contributed by atoms with Crippen molar-refractivity contribution in [2.75, 3.05) is 0 Å². The molecule has 0 bridgehead atoms. The highest BCUT2D eigenvalue weighted by atomic mass is 35.5. The van der Waals surface area contributed by atoms with Crippen LogP contribution < -0.4 is 22.9 Å². The molecule has 2 rings (SSSR count). The van der Waals surface area contributed by atoms with E-state index in [0.29, 0.717) is 5.03 Å². The van der Waals surface area contributed by atoms with E-state index >= 15 is 0 Å². The van der Waals surface area contributed by atoms with Crippen molar-refractivity contribution in [3.05, 3.63) is 58.7 Å². The summed E-state index contributed by atoms with van der Waals surface area (Å²) in [5, 5.41) is 0.517. The Labute approximate surface area is 105 Å². The van der Waals surface area contributed by atoms with Crippen LogP contribution in [0.4, 0.5) is 0 Å². The number of nitrogens with two attached hydrogens (primary N) is 4. The highest BCUT2D eigenvalue weighted by Crippen LogP contribution is 2.29. The van der Waals surface area contributed by atoms with E-state index in [1.165, 1.54) is 0 Å². The molecule has 0 aromatic heterocycles. The minimum atomic E-state index is -0.991. The first-order chi connectivity index (χ1) is 7.79. The summed E-state index contributed by atoms with van der Waals surface area (Å²) in [7, 11) is 0. The Morgan fingerprint density at radius 1 is 0.824 bits per heavy atom. The van der Waals surface area contributed by atoms with E-state index in [-0.39, 0.29) is 0 Å². The zero-order chi connectivity index (χ0) is 12.7. The van der Waals surface area contributed by atoms with Gasteiger partial charge in [-0.2, -0.15) is 0 Å². The largest absolute Gasteiger partial charge is 0.307 e. The number of allylic oxidation sites excluding steroid dienone is 6. The maximum absolute atomic E-state index is 6.13. The van der Waals surface area contributed by atoms with Crippen LogP contribution in [0.25, 0.3) is 0 Å². The van der Waals surface area contributed by atoms with Gasteiger partial charge in [-0.25, -0.2) is 0 Å². The van der Waals surface area contributed by atoms with E-state index in [1.54, 1.807) is 30.4 Å². The first-order valence-electron chi connectivity index (χ1n) is 5.15. The maximum atomic E-state index is 6.13. The second-order valence-electron chi connectivity index (χ2n) is 4.36. The normalized spacial score (nSPS) is 25.1. The van der Waals surface area contributed by atoms with Crippen LogP contribution in [0.15, 0.2) is 58.7 Å². The fourth-order valence-corrected chi connectivity index (χ4v) is 2.01. The Morgan fingerprint density at radius 3 is 1.88 bits per heavy atom. The molecule has 0 radical (unpaired) electrons. The first kappa shape index (κ1) is 12.3. The van der Waals surface area contributed by atoms with Crippen LogP contribution in [0, 0.1) is 0 Å². The van der Waals surface area contributed by atoms with Gasteiger partial charge in [0.1, 0.15) is 11.3 Å². The van der Waals surface area contributed by atoms with Gasteiger partial charge in [-0.1, -0.05) is 29.8 Å². The predicted molar refractivity (Wildman–Crippen MR) is 70.6 cm³/mol. The lowest BCUT2D eigenvalue weighted by Crippen LogP contribution is -2.46. The summed E-state index contributed by atoms with van der Waals surface area (Å²) >= 11 is 6.13. The van der Waals surface area contributed by atoms with Crippen LogP contribution in [-0.2, 0) is 0 Å². The van der Waals surface area contributed by atoms with Crippen molar-refractivity contribution in [2.45, 2.75) is 11.3 Å². The van der Waals surface area contributed by atoms with Crippen LogP contribution in [0.3, 0.4) is 0 Å². The lowest BCUT2D eigenvalue weighted by molar-refractivity contribution is 0.684. The minimum Gasteiger partial charge on any atom is -0.307 e. The third-order valence-electron chi connectivity index (χ3n) is 2.59. The van der Waals surface area contributed by atoms with Gasteiger partial charge in [0.25, 0.3) is 0 Å². The highest BCUT2D eigenvalue weighted by molar-refractivity contribution is 6.32. The fourth-order valence-electron chi connectivity index (χ4n) is 1.65. The van der Waals surface area contributed by atoms with E-state index in [2.05, 4.69) is 0 Å². The lowest BCUT2D eigenvalue weighted by Gasteiger charge is -2.24. The van der Waals surface area contributed by atoms with Gasteiger partial charge in [-0.3, -0.25) is 0 Å². The molecule has 0 saturated carbocycles. The maximum Gasteiger partial charge on any atom is 0.104 e. The fraction of sp³-hybridized carbons (Fsp3) is 0.167. The molecule has 8 N–H and O–H groups in total. The molecule has 90 valence electrons. The van der Waals surface area contributed by atoms with E-state index in [0.717, 1.165) is 11.1 Å². The summed E-state index contributed by atoms with van der Waals surface area (Å²) in [6.45, 7) is 0. The van der Waals surface area contributed by atoms with E-state index in [4.69, 9.17) is 34.5 Å². The van der Waals surface area contributed by atoms with Gasteiger partial charge < -0.3 is 22.9 Å². The Morgan fingerprint density at radius 2 is 1.35 bits per heavy atom. The van der Waals surface area contributed by atoms with Gasteiger partial charge in [0, 0.05) is 5.03 Å². The third-order valence-corrected chi connectivity index (χ3v) is 2.90. The minimum absolute atomic E-state index is 0.517. The summed E-state index contributed by atoms with van der Waals surface area (Å²) in [6, 6.07) is 0. The lowest BCUT2D eigenvalue weighted by atomic mass is 9.93. The van der Waals surface area contributed by atoms with E-state index in [9.17, 15) is 0 Å². The van der Waals surface area contributed by atoms with Gasteiger partial charge in [0.15, 0.2) is 0 Å². The van der Waals surface area contributed by atoms with Crippen molar-refractivity contribution in [1.82, 2.24) is 0 Å². The van der Waals surface area contributed by atoms with Crippen LogP contribution >= 0.6 is 11.6 Å². The quantitative estimate of drug-likeness (QED) is 0.465. The van der Waals surface area contributed by atoms with E-state index in [1.807, 2.05) is 12.2 Å². The second kappa shape index (κ2) is 3.94. The smallest absolute Gasteiger partial charge is 0.104 e. The number of hydrogen-bond acceptors (Lipinski definition) is 4. The van der Waals surface area contributed by atoms with Crippen molar-refractivity contribution in [3.8, 4) is 0 Å². The monoisotopic (exact) mass is 250 g/mol. The average Bonchev–Trinajstić information content (AvgIpc) is 2.18. The summed E-state index contributed by atoms with van der Waals surface area (Å²) in [6.07, 6.45) is 12.2. The topological polar surface area (TPSA) is 104 Å². The van der Waals surface area contributed by atoms with Gasteiger partial charge in [0.05, 0.1) is 0 Å². The van der Waals surface area contributed by atoms with Gasteiger partial charge in [-0.05, 0) is 35.5 Å². The summed E-state index contributed by atoms with van der Waals surface area (Å²) in [4.78, 5) is 0. The van der Waals surface area contributed by atoms with Crippen LogP contribution in [0.1, 0.15) is 0 Å². The Bertz CT molecular complexity index is 475. The number of halogens is 1. The molecule has 17 heavy (non-hydrogen) atoms. The second-order valence-corrected chi connectivity index (χ2v) is 4.77. The molecule has 0 aromatic rings. The molecule has 0 amide bonds. The highest BCUT2D eigenvalue weighted by Gasteiger charge is 2.21. The molecule has 0 atom stereocenters. The summed E-state index contributed by atoms with van der Waals surface area (Å²) in [5.41, 5.74) is 22.8. The van der Waals surface area contributed by atoms with Gasteiger partial charge in [-0.15, -0.1) is 0 Å². The molecule has 0 saturated heterocycles. The Kier molecular flexibility index (Phi) is 2.85. The molecule has 4 nitrogen and oxygen atoms in total. The number of rotatable bonds is 0. The van der Waals surface area contributed by atoms with Crippen molar-refractivity contribution in [2.24, 2.45) is 22.9 Å².